The molecule has 184 valence electrons. The van der Waals surface area contributed by atoms with Gasteiger partial charge in [0.1, 0.15) is 6.42 Å². The van der Waals surface area contributed by atoms with Crippen LogP contribution in [0, 0.1) is 5.82 Å². The normalized spacial score (nSPS) is 18.7. The molecule has 3 nitrogen and oxygen atoms in total. The van der Waals surface area contributed by atoms with Gasteiger partial charge in [-0.25, -0.2) is 8.79 Å². The van der Waals surface area contributed by atoms with E-state index < -0.39 is 51.7 Å². The largest absolute Gasteiger partial charge is 0.409 e. The summed E-state index contributed by atoms with van der Waals surface area (Å²) in [5, 5.41) is 0.943. The Morgan fingerprint density at radius 3 is 2.18 bits per heavy atom. The van der Waals surface area contributed by atoms with Gasteiger partial charge < -0.3 is 5.32 Å². The van der Waals surface area contributed by atoms with Crippen molar-refractivity contribution in [3.63, 3.8) is 0 Å². The summed E-state index contributed by atoms with van der Waals surface area (Å²) in [6, 6.07) is 5.73. The van der Waals surface area contributed by atoms with Crippen molar-refractivity contribution in [2.75, 3.05) is 0 Å². The summed E-state index contributed by atoms with van der Waals surface area (Å²) in [7, 11) is 0. The van der Waals surface area contributed by atoms with Crippen LogP contribution < -0.4 is 5.32 Å². The third-order valence-corrected chi connectivity index (χ3v) is 7.00. The molecule has 0 fully saturated rings. The van der Waals surface area contributed by atoms with E-state index in [-0.39, 0.29) is 45.9 Å². The fraction of sp³-hybridized carbons (Fsp3) is 0.300. The fourth-order valence-corrected chi connectivity index (χ4v) is 4.85. The average Bonchev–Trinajstić information content (AvgIpc) is 3.16. The minimum Gasteiger partial charge on any atom is -0.352 e. The zero-order valence-electron chi connectivity index (χ0n) is 16.6. The van der Waals surface area contributed by atoms with Crippen LogP contribution in [-0.2, 0) is 16.1 Å². The van der Waals surface area contributed by atoms with Gasteiger partial charge in [-0.3, -0.25) is 4.79 Å². The second kappa shape index (κ2) is 9.75. The van der Waals surface area contributed by atoms with Crippen LogP contribution in [0.25, 0.3) is 0 Å². The summed E-state index contributed by atoms with van der Waals surface area (Å²) in [5.74, 6) is -2.30. The molecule has 0 spiro atoms. The maximum Gasteiger partial charge on any atom is 0.409 e. The summed E-state index contributed by atoms with van der Waals surface area (Å²) in [6.45, 7) is -0.311. The van der Waals surface area contributed by atoms with E-state index in [2.05, 4.69) is 9.71 Å². The highest BCUT2D eigenvalue weighted by Gasteiger charge is 2.60. The lowest BCUT2D eigenvalue weighted by Crippen LogP contribution is -2.38. The monoisotopic (exact) mass is 566 g/mol. The van der Waals surface area contributed by atoms with Crippen molar-refractivity contribution in [3.05, 3.63) is 67.9 Å². The number of halogens is 10. The molecular formula is C20H12Cl3F7N2OS. The van der Waals surface area contributed by atoms with E-state index in [9.17, 15) is 35.5 Å². The molecule has 34 heavy (non-hydrogen) atoms. The zero-order chi connectivity index (χ0) is 25.5. The first-order valence-corrected chi connectivity index (χ1v) is 11.1. The number of alkyl halides is 6. The Hall–Kier alpha value is -1.69. The van der Waals surface area contributed by atoms with Gasteiger partial charge in [-0.05, 0) is 46.8 Å². The maximum absolute atomic E-state index is 14.2. The highest BCUT2D eigenvalue weighted by molar-refractivity contribution is 7.99. The van der Waals surface area contributed by atoms with Crippen LogP contribution >= 0.6 is 46.8 Å². The number of nitrogens with zero attached hydrogens (tertiary/aromatic N) is 1. The number of rotatable bonds is 5. The van der Waals surface area contributed by atoms with Crippen LogP contribution in [0.2, 0.25) is 15.1 Å². The molecule has 0 aliphatic carbocycles. The predicted octanol–water partition coefficient (Wildman–Crippen LogP) is 7.65. The summed E-state index contributed by atoms with van der Waals surface area (Å²) < 4.78 is 94.4. The molecule has 3 rings (SSSR count). The van der Waals surface area contributed by atoms with Crippen molar-refractivity contribution in [1.29, 1.82) is 0 Å². The Balaban J connectivity index is 1.83. The molecule has 1 atom stereocenters. The van der Waals surface area contributed by atoms with Gasteiger partial charge in [-0.2, -0.15) is 26.3 Å². The number of hydrogen-bond donors (Lipinski definition) is 1. The summed E-state index contributed by atoms with van der Waals surface area (Å²) in [4.78, 5) is 11.3. The van der Waals surface area contributed by atoms with Gasteiger partial charge in [-0.15, -0.1) is 0 Å². The van der Waals surface area contributed by atoms with E-state index in [0.29, 0.717) is 0 Å². The van der Waals surface area contributed by atoms with E-state index in [1.54, 1.807) is 0 Å². The molecule has 0 radical (unpaired) electrons. The number of benzene rings is 2. The zero-order valence-corrected chi connectivity index (χ0v) is 19.6. The molecule has 1 aliphatic heterocycles. The molecule has 0 saturated heterocycles. The Morgan fingerprint density at radius 1 is 1.03 bits per heavy atom. The van der Waals surface area contributed by atoms with Crippen LogP contribution in [0.3, 0.4) is 0 Å². The molecule has 0 saturated carbocycles. The topological polar surface area (TPSA) is 41.5 Å². The first kappa shape index (κ1) is 26.9. The quantitative estimate of drug-likeness (QED) is 0.229. The lowest BCUT2D eigenvalue weighted by atomic mass is 9.89. The number of carbonyl (C=O) groups excluding carboxylic acids is 1. The van der Waals surface area contributed by atoms with Crippen molar-refractivity contribution in [1.82, 2.24) is 5.32 Å². The highest BCUT2D eigenvalue weighted by atomic mass is 35.5. The Bertz CT molecular complexity index is 1130. The number of hydrogen-bond acceptors (Lipinski definition) is 3. The molecule has 2 aromatic carbocycles. The van der Waals surface area contributed by atoms with Crippen molar-refractivity contribution in [2.45, 2.75) is 36.5 Å². The second-order valence-electron chi connectivity index (χ2n) is 7.26. The number of nitrogens with one attached hydrogen (secondary N) is 1. The van der Waals surface area contributed by atoms with Crippen LogP contribution in [0.1, 0.15) is 29.5 Å². The summed E-state index contributed by atoms with van der Waals surface area (Å²) >= 11 is 17.8. The van der Waals surface area contributed by atoms with Crippen LogP contribution in [-0.4, -0.2) is 24.0 Å². The predicted molar refractivity (Wildman–Crippen MR) is 117 cm³/mol. The Labute approximate surface area is 207 Å². The number of amides is 1. The smallest absolute Gasteiger partial charge is 0.352 e. The van der Waals surface area contributed by atoms with Crippen molar-refractivity contribution >= 4 is 58.4 Å². The third kappa shape index (κ3) is 5.75. The SMILES string of the molecule is O=C(CC(F)(F)F)NCc1ccc(C2=NSC(c3cc(Cl)c(F)c(Cl)c3)(C(F)(F)F)C2)cc1Cl. The van der Waals surface area contributed by atoms with E-state index in [1.165, 1.54) is 18.2 Å². The van der Waals surface area contributed by atoms with Gasteiger partial charge >= 0.3 is 12.4 Å². The maximum atomic E-state index is 14.2. The van der Waals surface area contributed by atoms with Gasteiger partial charge in [0.05, 0.1) is 15.8 Å². The first-order chi connectivity index (χ1) is 15.6. The van der Waals surface area contributed by atoms with E-state index >= 15 is 0 Å². The molecule has 1 aliphatic rings. The Kier molecular flexibility index (Phi) is 7.72. The fourth-order valence-electron chi connectivity index (χ4n) is 3.16. The van der Waals surface area contributed by atoms with Gasteiger partial charge in [-0.1, -0.05) is 46.9 Å². The van der Waals surface area contributed by atoms with E-state index in [0.717, 1.165) is 12.1 Å². The van der Waals surface area contributed by atoms with Gasteiger partial charge in [0.15, 0.2) is 10.6 Å². The van der Waals surface area contributed by atoms with Gasteiger partial charge in [0.2, 0.25) is 5.91 Å². The summed E-state index contributed by atoms with van der Waals surface area (Å²) in [5.41, 5.74) is 0.128. The molecule has 1 heterocycles. The minimum atomic E-state index is -4.82. The summed E-state index contributed by atoms with van der Waals surface area (Å²) in [6.07, 6.45) is -11.8. The van der Waals surface area contributed by atoms with Crippen molar-refractivity contribution < 1.29 is 35.5 Å². The minimum absolute atomic E-state index is 0.00916. The van der Waals surface area contributed by atoms with E-state index in [1.807, 2.05) is 0 Å². The number of carbonyl (C=O) groups is 1. The van der Waals surface area contributed by atoms with Gasteiger partial charge in [0, 0.05) is 18.0 Å². The lowest BCUT2D eigenvalue weighted by Gasteiger charge is -2.30. The Morgan fingerprint density at radius 2 is 1.65 bits per heavy atom. The van der Waals surface area contributed by atoms with Crippen molar-refractivity contribution in [2.24, 2.45) is 4.40 Å². The van der Waals surface area contributed by atoms with Crippen LogP contribution in [0.5, 0.6) is 0 Å². The van der Waals surface area contributed by atoms with E-state index in [4.69, 9.17) is 34.8 Å². The molecule has 0 bridgehead atoms. The first-order valence-electron chi connectivity index (χ1n) is 9.22. The third-order valence-electron chi connectivity index (χ3n) is 4.86. The second-order valence-corrected chi connectivity index (χ2v) is 9.54. The highest BCUT2D eigenvalue weighted by Crippen LogP contribution is 2.57. The molecule has 2 aromatic rings. The average molecular weight is 568 g/mol. The molecule has 0 aromatic heterocycles. The molecule has 14 heteroatoms. The molecular weight excluding hydrogens is 556 g/mol. The standard InChI is InChI=1S/C20H12Cl3F7N2OS/c21-12-3-9(1-2-10(12)8-31-16(33)7-19(25,26)27)15-6-18(34-32-15,20(28,29)30)11-4-13(22)17(24)14(23)5-11/h1-5H,6-8H2,(H,31,33). The molecule has 1 unspecified atom stereocenters. The molecule has 1 N–H and O–H groups in total. The molecule has 1 amide bonds. The van der Waals surface area contributed by atoms with Crippen molar-refractivity contribution in [3.8, 4) is 0 Å². The van der Waals surface area contributed by atoms with Crippen LogP contribution in [0.15, 0.2) is 34.7 Å². The van der Waals surface area contributed by atoms with Crippen LogP contribution in [0.4, 0.5) is 30.7 Å². The lowest BCUT2D eigenvalue weighted by molar-refractivity contribution is -0.160. The van der Waals surface area contributed by atoms with Gasteiger partial charge in [0.25, 0.3) is 0 Å².